The number of anilines is 1. The molecule has 8 heteroatoms. The first kappa shape index (κ1) is 26.2. The van der Waals surface area contributed by atoms with E-state index in [-0.39, 0.29) is 22.5 Å². The molecule has 0 aliphatic carbocycles. The molecule has 0 amide bonds. The summed E-state index contributed by atoms with van der Waals surface area (Å²) in [5.74, 6) is 0.190. The molecule has 1 aromatic heterocycles. The highest BCUT2D eigenvalue weighted by Gasteiger charge is 2.47. The molecule has 4 atom stereocenters. The molecule has 0 spiro atoms. The van der Waals surface area contributed by atoms with Gasteiger partial charge in [0, 0.05) is 6.20 Å². The van der Waals surface area contributed by atoms with Gasteiger partial charge in [-0.15, -0.1) is 11.8 Å². The predicted molar refractivity (Wildman–Crippen MR) is 149 cm³/mol. The Labute approximate surface area is 226 Å². The van der Waals surface area contributed by atoms with Crippen LogP contribution >= 0.6 is 11.8 Å². The van der Waals surface area contributed by atoms with E-state index >= 15 is 0 Å². The zero-order valence-electron chi connectivity index (χ0n) is 21.0. The third-order valence-corrected chi connectivity index (χ3v) is 7.90. The van der Waals surface area contributed by atoms with Gasteiger partial charge < -0.3 is 19.9 Å². The van der Waals surface area contributed by atoms with Crippen LogP contribution in [0.2, 0.25) is 0 Å². The number of thioether (sulfide) groups is 1. The molecule has 2 heterocycles. The zero-order chi connectivity index (χ0) is 26.2. The molecule has 1 aliphatic heterocycles. The molecule has 0 radical (unpaired) electrons. The third-order valence-electron chi connectivity index (χ3n) is 6.38. The maximum absolute atomic E-state index is 12.9. The van der Waals surface area contributed by atoms with Crippen molar-refractivity contribution in [1.29, 1.82) is 0 Å². The lowest BCUT2D eigenvalue weighted by Gasteiger charge is -2.27. The number of nitrogens with zero attached hydrogens (tertiary/aromatic N) is 2. The summed E-state index contributed by atoms with van der Waals surface area (Å²) in [5.41, 5.74) is 8.58. The fourth-order valence-corrected chi connectivity index (χ4v) is 6.07. The Morgan fingerprint density at radius 3 is 1.82 bits per heavy atom. The Hall–Kier alpha value is -3.43. The molecular weight excluding hydrogens is 498 g/mol. The Balaban J connectivity index is 1.40. The lowest BCUT2D eigenvalue weighted by atomic mass is 10.1. The monoisotopic (exact) mass is 529 g/mol. The average Bonchev–Trinajstić information content (AvgIpc) is 3.29. The van der Waals surface area contributed by atoms with Gasteiger partial charge >= 0.3 is 5.69 Å². The molecule has 7 nitrogen and oxygen atoms in total. The average molecular weight is 530 g/mol. The number of aromatic nitrogens is 2. The molecule has 196 valence electrons. The van der Waals surface area contributed by atoms with E-state index in [9.17, 15) is 4.79 Å². The topological polar surface area (TPSA) is 88.6 Å². The van der Waals surface area contributed by atoms with E-state index in [4.69, 9.17) is 19.9 Å². The number of rotatable bonds is 11. The number of hydrogen-bond acceptors (Lipinski definition) is 7. The van der Waals surface area contributed by atoms with Crippen molar-refractivity contribution in [3.63, 3.8) is 0 Å². The summed E-state index contributed by atoms with van der Waals surface area (Å²) in [6, 6.07) is 31.7. The van der Waals surface area contributed by atoms with Gasteiger partial charge in [0.2, 0.25) is 0 Å². The molecule has 5 rings (SSSR count). The third kappa shape index (κ3) is 6.71. The normalized spacial score (nSPS) is 20.9. The second-order valence-electron chi connectivity index (χ2n) is 9.13. The lowest BCUT2D eigenvalue weighted by Crippen LogP contribution is -2.40. The van der Waals surface area contributed by atoms with E-state index in [1.54, 1.807) is 28.6 Å². The van der Waals surface area contributed by atoms with Crippen molar-refractivity contribution >= 4 is 17.6 Å². The first-order chi connectivity index (χ1) is 18.7. The molecule has 0 bridgehead atoms. The van der Waals surface area contributed by atoms with Gasteiger partial charge in [-0.3, -0.25) is 4.57 Å². The van der Waals surface area contributed by atoms with Crippen LogP contribution in [0.15, 0.2) is 108 Å². The van der Waals surface area contributed by atoms with E-state index in [1.165, 1.54) is 0 Å². The Kier molecular flexibility index (Phi) is 8.88. The summed E-state index contributed by atoms with van der Waals surface area (Å²) in [4.78, 5) is 16.8. The van der Waals surface area contributed by atoms with Gasteiger partial charge in [-0.05, 0) is 22.8 Å². The van der Waals surface area contributed by atoms with Crippen LogP contribution in [0.4, 0.5) is 5.82 Å². The first-order valence-electron chi connectivity index (χ1n) is 12.6. The SMILES string of the molecule is Nc1ccn(C2SC(COCc3ccccc3)C(OCc3ccccc3)C2OCc2ccccc2)c(=O)n1. The van der Waals surface area contributed by atoms with Crippen LogP contribution in [0.25, 0.3) is 0 Å². The number of nitrogen functional groups attached to an aromatic ring is 1. The van der Waals surface area contributed by atoms with E-state index < -0.39 is 11.8 Å². The zero-order valence-corrected chi connectivity index (χ0v) is 21.8. The van der Waals surface area contributed by atoms with Crippen LogP contribution < -0.4 is 11.4 Å². The van der Waals surface area contributed by atoms with Crippen LogP contribution in [0.3, 0.4) is 0 Å². The summed E-state index contributed by atoms with van der Waals surface area (Å²) in [6.45, 7) is 1.75. The van der Waals surface area contributed by atoms with Gasteiger partial charge in [0.05, 0.1) is 31.7 Å². The van der Waals surface area contributed by atoms with Crippen LogP contribution in [0.5, 0.6) is 0 Å². The quantitative estimate of drug-likeness (QED) is 0.298. The Morgan fingerprint density at radius 1 is 0.737 bits per heavy atom. The summed E-state index contributed by atoms with van der Waals surface area (Å²) >= 11 is 1.61. The highest BCUT2D eigenvalue weighted by atomic mass is 32.2. The molecule has 1 fully saturated rings. The second kappa shape index (κ2) is 12.9. The van der Waals surface area contributed by atoms with Crippen molar-refractivity contribution < 1.29 is 14.2 Å². The molecule has 1 saturated heterocycles. The Bertz CT molecular complexity index is 1340. The van der Waals surface area contributed by atoms with Crippen LogP contribution in [0.1, 0.15) is 22.1 Å². The van der Waals surface area contributed by atoms with Crippen LogP contribution in [-0.4, -0.2) is 33.6 Å². The van der Waals surface area contributed by atoms with E-state index in [0.29, 0.717) is 26.4 Å². The fraction of sp³-hybridized carbons (Fsp3) is 0.267. The van der Waals surface area contributed by atoms with Gasteiger partial charge in [-0.2, -0.15) is 4.98 Å². The van der Waals surface area contributed by atoms with Gasteiger partial charge in [0.15, 0.2) is 0 Å². The molecular formula is C30H31N3O4S. The lowest BCUT2D eigenvalue weighted by molar-refractivity contribution is -0.0920. The molecule has 38 heavy (non-hydrogen) atoms. The maximum atomic E-state index is 12.9. The van der Waals surface area contributed by atoms with Crippen molar-refractivity contribution in [2.75, 3.05) is 12.3 Å². The summed E-state index contributed by atoms with van der Waals surface area (Å²) in [5, 5.41) is -0.428. The number of benzene rings is 3. The second-order valence-corrected chi connectivity index (χ2v) is 10.5. The highest BCUT2D eigenvalue weighted by molar-refractivity contribution is 8.00. The number of nitrogens with two attached hydrogens (primary N) is 1. The molecule has 2 N–H and O–H groups in total. The minimum absolute atomic E-state index is 0.0716. The smallest absolute Gasteiger partial charge is 0.350 e. The molecule has 3 aromatic carbocycles. The van der Waals surface area contributed by atoms with Gasteiger partial charge in [0.1, 0.15) is 23.4 Å². The minimum atomic E-state index is -0.419. The molecule has 0 saturated carbocycles. The van der Waals surface area contributed by atoms with Gasteiger partial charge in [0.25, 0.3) is 0 Å². The van der Waals surface area contributed by atoms with Crippen molar-refractivity contribution in [2.24, 2.45) is 0 Å². The van der Waals surface area contributed by atoms with E-state index in [1.807, 2.05) is 91.0 Å². The van der Waals surface area contributed by atoms with Crippen LogP contribution in [0, 0.1) is 0 Å². The van der Waals surface area contributed by atoms with Gasteiger partial charge in [-0.1, -0.05) is 91.0 Å². The van der Waals surface area contributed by atoms with Crippen molar-refractivity contribution in [1.82, 2.24) is 9.55 Å². The summed E-state index contributed by atoms with van der Waals surface area (Å²) < 4.78 is 20.8. The van der Waals surface area contributed by atoms with Crippen molar-refractivity contribution in [3.05, 3.63) is 130 Å². The molecule has 4 aromatic rings. The minimum Gasteiger partial charge on any atom is -0.383 e. The Morgan fingerprint density at radius 2 is 1.26 bits per heavy atom. The predicted octanol–water partition coefficient (Wildman–Crippen LogP) is 4.83. The maximum Gasteiger partial charge on any atom is 0.350 e. The molecule has 1 aliphatic rings. The van der Waals surface area contributed by atoms with E-state index in [2.05, 4.69) is 4.98 Å². The summed E-state index contributed by atoms with van der Waals surface area (Å²) in [7, 11) is 0. The van der Waals surface area contributed by atoms with E-state index in [0.717, 1.165) is 16.7 Å². The summed E-state index contributed by atoms with van der Waals surface area (Å²) in [6.07, 6.45) is 0.939. The van der Waals surface area contributed by atoms with Crippen molar-refractivity contribution in [3.8, 4) is 0 Å². The first-order valence-corrected chi connectivity index (χ1v) is 13.5. The van der Waals surface area contributed by atoms with Crippen LogP contribution in [-0.2, 0) is 34.0 Å². The van der Waals surface area contributed by atoms with Crippen molar-refractivity contribution in [2.45, 2.75) is 42.7 Å². The number of hydrogen-bond donors (Lipinski definition) is 1. The number of ether oxygens (including phenoxy) is 3. The largest absolute Gasteiger partial charge is 0.383 e. The standard InChI is InChI=1S/C30H31N3O4S/c31-26-16-17-33(30(34)32-26)29-28(37-20-24-14-8-3-9-15-24)27(36-19-23-12-6-2-7-13-23)25(38-29)21-35-18-22-10-4-1-5-11-22/h1-17,25,27-29H,18-21H2,(H2,31,32,34). The highest BCUT2D eigenvalue weighted by Crippen LogP contribution is 2.45. The fourth-order valence-electron chi connectivity index (χ4n) is 4.47. The van der Waals surface area contributed by atoms with Gasteiger partial charge in [-0.25, -0.2) is 4.79 Å². The molecule has 4 unspecified atom stereocenters.